The summed E-state index contributed by atoms with van der Waals surface area (Å²) in [6.45, 7) is 6.47. The van der Waals surface area contributed by atoms with Crippen molar-refractivity contribution in [2.75, 3.05) is 4.72 Å². The Morgan fingerprint density at radius 1 is 1.08 bits per heavy atom. The maximum Gasteiger partial charge on any atom is 0.262 e. The van der Waals surface area contributed by atoms with Crippen molar-refractivity contribution in [1.29, 1.82) is 0 Å². The Hall–Kier alpha value is -2.68. The zero-order chi connectivity index (χ0) is 18.0. The maximum absolute atomic E-state index is 12.8. The fourth-order valence-corrected chi connectivity index (χ4v) is 3.60. The highest BCUT2D eigenvalue weighted by Gasteiger charge is 2.22. The molecule has 2 heterocycles. The Bertz CT molecular complexity index is 959. The summed E-state index contributed by atoms with van der Waals surface area (Å²) in [5.41, 5.74) is 2.16. The van der Waals surface area contributed by atoms with Crippen LogP contribution in [0.15, 0.2) is 41.8 Å². The summed E-state index contributed by atoms with van der Waals surface area (Å²) >= 11 is 0. The SMILES string of the molecule is CCCn1nc(-n2cnnc2)c(NS(=O)(=O)c2ccc(C)cc2)c1C. The molecular formula is C16H20N6O2S. The molecule has 2 aromatic heterocycles. The van der Waals surface area contributed by atoms with E-state index in [0.717, 1.165) is 17.7 Å². The monoisotopic (exact) mass is 360 g/mol. The Kier molecular flexibility index (Phi) is 4.58. The van der Waals surface area contributed by atoms with E-state index in [1.807, 2.05) is 20.8 Å². The van der Waals surface area contributed by atoms with E-state index in [1.54, 1.807) is 33.5 Å². The van der Waals surface area contributed by atoms with Gasteiger partial charge in [-0.3, -0.25) is 14.0 Å². The molecule has 1 N–H and O–H groups in total. The first-order valence-corrected chi connectivity index (χ1v) is 9.42. The van der Waals surface area contributed by atoms with Gasteiger partial charge in [-0.1, -0.05) is 24.6 Å². The van der Waals surface area contributed by atoms with Crippen molar-refractivity contribution in [1.82, 2.24) is 24.5 Å². The minimum atomic E-state index is -3.73. The number of anilines is 1. The van der Waals surface area contributed by atoms with Gasteiger partial charge in [0.15, 0.2) is 5.82 Å². The second-order valence-corrected chi connectivity index (χ2v) is 7.48. The van der Waals surface area contributed by atoms with Crippen molar-refractivity contribution in [2.24, 2.45) is 0 Å². The van der Waals surface area contributed by atoms with E-state index in [9.17, 15) is 8.42 Å². The molecule has 0 aliphatic rings. The lowest BCUT2D eigenvalue weighted by molar-refractivity contribution is 0.583. The Balaban J connectivity index is 2.05. The first-order valence-electron chi connectivity index (χ1n) is 7.94. The second-order valence-electron chi connectivity index (χ2n) is 5.79. The van der Waals surface area contributed by atoms with Gasteiger partial charge in [-0.25, -0.2) is 8.42 Å². The molecule has 25 heavy (non-hydrogen) atoms. The van der Waals surface area contributed by atoms with Gasteiger partial charge >= 0.3 is 0 Å². The lowest BCUT2D eigenvalue weighted by atomic mass is 10.2. The topological polar surface area (TPSA) is 94.7 Å². The third kappa shape index (κ3) is 3.41. The quantitative estimate of drug-likeness (QED) is 0.728. The predicted octanol–water partition coefficient (Wildman–Crippen LogP) is 2.29. The van der Waals surface area contributed by atoms with Crippen molar-refractivity contribution in [3.63, 3.8) is 0 Å². The zero-order valence-electron chi connectivity index (χ0n) is 14.3. The van der Waals surface area contributed by atoms with Crippen molar-refractivity contribution in [3.05, 3.63) is 48.2 Å². The van der Waals surface area contributed by atoms with Gasteiger partial charge in [0.05, 0.1) is 10.6 Å². The zero-order valence-corrected chi connectivity index (χ0v) is 15.2. The van der Waals surface area contributed by atoms with Gasteiger partial charge in [-0.2, -0.15) is 5.10 Å². The summed E-state index contributed by atoms with van der Waals surface area (Å²) in [6, 6.07) is 6.70. The minimum absolute atomic E-state index is 0.204. The van der Waals surface area contributed by atoms with Crippen LogP contribution in [0.1, 0.15) is 24.6 Å². The van der Waals surface area contributed by atoms with Crippen LogP contribution in [-0.4, -0.2) is 33.0 Å². The van der Waals surface area contributed by atoms with Crippen LogP contribution in [0.3, 0.4) is 0 Å². The fraction of sp³-hybridized carbons (Fsp3) is 0.312. The third-order valence-corrected chi connectivity index (χ3v) is 5.22. The van der Waals surface area contributed by atoms with E-state index in [-0.39, 0.29) is 4.90 Å². The molecule has 0 bridgehead atoms. The van der Waals surface area contributed by atoms with Crippen LogP contribution in [-0.2, 0) is 16.6 Å². The number of benzene rings is 1. The molecule has 9 heteroatoms. The summed E-state index contributed by atoms with van der Waals surface area (Å²) in [5.74, 6) is 0.451. The van der Waals surface area contributed by atoms with E-state index in [1.165, 1.54) is 12.7 Å². The normalized spacial score (nSPS) is 11.6. The number of sulfonamides is 1. The third-order valence-electron chi connectivity index (χ3n) is 3.85. The molecule has 0 saturated carbocycles. The average molecular weight is 360 g/mol. The number of nitrogens with zero attached hydrogens (tertiary/aromatic N) is 5. The minimum Gasteiger partial charge on any atom is -0.274 e. The van der Waals surface area contributed by atoms with Crippen LogP contribution >= 0.6 is 0 Å². The van der Waals surface area contributed by atoms with E-state index in [0.29, 0.717) is 18.1 Å². The largest absolute Gasteiger partial charge is 0.274 e. The molecule has 0 spiro atoms. The van der Waals surface area contributed by atoms with Crippen molar-refractivity contribution >= 4 is 15.7 Å². The smallest absolute Gasteiger partial charge is 0.262 e. The number of aromatic nitrogens is 5. The van der Waals surface area contributed by atoms with Crippen LogP contribution in [0.4, 0.5) is 5.69 Å². The van der Waals surface area contributed by atoms with Crippen LogP contribution in [0.25, 0.3) is 5.82 Å². The van der Waals surface area contributed by atoms with Gasteiger partial charge in [0.2, 0.25) is 0 Å². The summed E-state index contributed by atoms with van der Waals surface area (Å²) in [4.78, 5) is 0.204. The van der Waals surface area contributed by atoms with Crippen molar-refractivity contribution in [3.8, 4) is 5.82 Å². The van der Waals surface area contributed by atoms with E-state index < -0.39 is 10.0 Å². The molecule has 3 aromatic rings. The summed E-state index contributed by atoms with van der Waals surface area (Å²) in [5, 5.41) is 12.1. The molecule has 1 aromatic carbocycles. The van der Waals surface area contributed by atoms with Gasteiger partial charge in [0, 0.05) is 6.54 Å². The molecule has 0 atom stereocenters. The Morgan fingerprint density at radius 3 is 2.32 bits per heavy atom. The fourth-order valence-electron chi connectivity index (χ4n) is 2.48. The highest BCUT2D eigenvalue weighted by atomic mass is 32.2. The first kappa shape index (κ1) is 17.2. The van der Waals surface area contributed by atoms with Crippen LogP contribution in [0.2, 0.25) is 0 Å². The van der Waals surface area contributed by atoms with Crippen LogP contribution < -0.4 is 4.72 Å². The molecule has 0 aliphatic carbocycles. The van der Waals surface area contributed by atoms with Crippen molar-refractivity contribution in [2.45, 2.75) is 38.6 Å². The average Bonchev–Trinajstić information content (AvgIpc) is 3.19. The first-order chi connectivity index (χ1) is 11.9. The molecule has 0 radical (unpaired) electrons. The molecule has 0 aliphatic heterocycles. The lowest BCUT2D eigenvalue weighted by Gasteiger charge is -2.10. The van der Waals surface area contributed by atoms with Crippen LogP contribution in [0.5, 0.6) is 0 Å². The molecule has 8 nitrogen and oxygen atoms in total. The molecule has 0 unspecified atom stereocenters. The highest BCUT2D eigenvalue weighted by molar-refractivity contribution is 7.92. The standard InChI is InChI=1S/C16H20N6O2S/c1-4-9-22-13(3)15(16(19-22)21-10-17-18-11-21)20-25(23,24)14-7-5-12(2)6-8-14/h5-8,10-11,20H,4,9H2,1-3H3. The molecular weight excluding hydrogens is 340 g/mol. The molecule has 132 valence electrons. The second kappa shape index (κ2) is 6.67. The number of nitrogens with one attached hydrogen (secondary N) is 1. The maximum atomic E-state index is 12.8. The molecule has 0 fully saturated rings. The molecule has 0 amide bonds. The molecule has 3 rings (SSSR count). The van der Waals surface area contributed by atoms with E-state index in [2.05, 4.69) is 20.0 Å². The summed E-state index contributed by atoms with van der Waals surface area (Å²) in [7, 11) is -3.73. The highest BCUT2D eigenvalue weighted by Crippen LogP contribution is 2.27. The number of aryl methyl sites for hydroxylation is 2. The number of hydrogen-bond donors (Lipinski definition) is 1. The lowest BCUT2D eigenvalue weighted by Crippen LogP contribution is -2.15. The van der Waals surface area contributed by atoms with Gasteiger partial charge < -0.3 is 0 Å². The summed E-state index contributed by atoms with van der Waals surface area (Å²) < 4.78 is 31.6. The van der Waals surface area contributed by atoms with Gasteiger partial charge in [0.25, 0.3) is 10.0 Å². The predicted molar refractivity (Wildman–Crippen MR) is 94.2 cm³/mol. The number of rotatable bonds is 6. The van der Waals surface area contributed by atoms with E-state index >= 15 is 0 Å². The van der Waals surface area contributed by atoms with Gasteiger partial charge in [-0.15, -0.1) is 10.2 Å². The van der Waals surface area contributed by atoms with E-state index in [4.69, 9.17) is 0 Å². The Morgan fingerprint density at radius 2 is 1.72 bits per heavy atom. The summed E-state index contributed by atoms with van der Waals surface area (Å²) in [6.07, 6.45) is 3.86. The van der Waals surface area contributed by atoms with Crippen molar-refractivity contribution < 1.29 is 8.42 Å². The Labute approximate surface area is 146 Å². The molecule has 0 saturated heterocycles. The number of hydrogen-bond acceptors (Lipinski definition) is 5. The van der Waals surface area contributed by atoms with Gasteiger partial charge in [0.1, 0.15) is 18.3 Å². The van der Waals surface area contributed by atoms with Gasteiger partial charge in [-0.05, 0) is 32.4 Å². The van der Waals surface area contributed by atoms with Crippen LogP contribution in [0, 0.1) is 13.8 Å².